The van der Waals surface area contributed by atoms with Crippen molar-refractivity contribution in [2.75, 3.05) is 28.4 Å². The highest BCUT2D eigenvalue weighted by Gasteiger charge is 2.45. The number of allylic oxidation sites excluding steroid dienone is 13. The van der Waals surface area contributed by atoms with Crippen LogP contribution in [0.1, 0.15) is 131 Å². The van der Waals surface area contributed by atoms with Gasteiger partial charge >= 0.3 is 0 Å². The number of hydrogen-bond acceptors (Lipinski definition) is 3. The zero-order valence-corrected chi connectivity index (χ0v) is 49.6. The molecule has 2 unspecified atom stereocenters. The van der Waals surface area contributed by atoms with Crippen LogP contribution in [0.15, 0.2) is 237 Å². The minimum atomic E-state index is -2.11. The molecule has 2 atom stereocenters. The van der Waals surface area contributed by atoms with Crippen LogP contribution in [0.2, 0.25) is 0 Å². The molecule has 0 spiro atoms. The maximum atomic E-state index is 3.86. The number of para-hydroxylation sites is 2. The summed E-state index contributed by atoms with van der Waals surface area (Å²) in [6.07, 6.45) is 25.3. The van der Waals surface area contributed by atoms with Crippen molar-refractivity contribution in [2.24, 2.45) is 11.3 Å². The molecular formula is C74H81N3S. The molecule has 0 radical (unpaired) electrons. The molecule has 6 aromatic rings. The molecule has 4 heteroatoms. The molecule has 398 valence electrons. The molecule has 5 aliphatic rings. The van der Waals surface area contributed by atoms with Crippen LogP contribution in [0.4, 0.5) is 28.4 Å². The Kier molecular flexibility index (Phi) is 13.8. The van der Waals surface area contributed by atoms with E-state index in [2.05, 4.69) is 287 Å². The molecule has 6 aromatic carbocycles. The van der Waals surface area contributed by atoms with Crippen molar-refractivity contribution in [2.45, 2.75) is 129 Å². The van der Waals surface area contributed by atoms with Crippen molar-refractivity contribution < 1.29 is 0 Å². The standard InChI is InChI=1S/C74H81N3S/c1-14-53(72(4,5)6)46-67-71(52-36-41-62-61-32-24-25-33-63(61)74(10,11)64(62)45-52)78(13,68-43-40-58(48-65(68)75-12)76(55-27-18-16-19-28-55)56-29-20-17-21-30-56)69-42-37-54(73(7,8)9)47-66(69)77(67)57-38-34-50(35-39-57)59(15-2)70-49(3)44-51-26-22-23-31-60(51)70/h15-21,23-25,27-34,36-43,45-48,50,75H,14,22,26,35,44H2,1-13H3/b53-46+,59-15-. The first kappa shape index (κ1) is 53.0. The highest BCUT2D eigenvalue weighted by atomic mass is 32.3. The van der Waals surface area contributed by atoms with E-state index in [0.717, 1.165) is 48.4 Å². The van der Waals surface area contributed by atoms with E-state index in [9.17, 15) is 0 Å². The molecular weight excluding hydrogens is 963 g/mol. The first-order valence-corrected chi connectivity index (χ1v) is 30.7. The summed E-state index contributed by atoms with van der Waals surface area (Å²) in [5.41, 5.74) is 25.0. The summed E-state index contributed by atoms with van der Waals surface area (Å²) in [7, 11) is 0.00338. The van der Waals surface area contributed by atoms with E-state index in [-0.39, 0.29) is 22.2 Å². The molecule has 1 heterocycles. The van der Waals surface area contributed by atoms with Gasteiger partial charge in [-0.25, -0.2) is 0 Å². The smallest absolute Gasteiger partial charge is 0.0594 e. The molecule has 11 rings (SSSR count). The van der Waals surface area contributed by atoms with Gasteiger partial charge in [0.2, 0.25) is 0 Å². The highest BCUT2D eigenvalue weighted by molar-refractivity contribution is 8.40. The summed E-state index contributed by atoms with van der Waals surface area (Å²) in [6.45, 7) is 26.1. The van der Waals surface area contributed by atoms with Gasteiger partial charge in [0.05, 0.1) is 11.4 Å². The average molecular weight is 1040 g/mol. The number of rotatable bonds is 11. The fourth-order valence-corrected chi connectivity index (χ4v) is 17.2. The van der Waals surface area contributed by atoms with E-state index >= 15 is 0 Å². The molecule has 3 nitrogen and oxygen atoms in total. The molecule has 0 saturated heterocycles. The van der Waals surface area contributed by atoms with Crippen LogP contribution in [0.25, 0.3) is 16.0 Å². The Bertz CT molecular complexity index is 3570. The summed E-state index contributed by atoms with van der Waals surface area (Å²) in [5, 5.41) is 3.86. The van der Waals surface area contributed by atoms with Gasteiger partial charge < -0.3 is 15.1 Å². The van der Waals surface area contributed by atoms with Crippen LogP contribution in [-0.2, 0) is 10.8 Å². The van der Waals surface area contributed by atoms with Gasteiger partial charge in [0.1, 0.15) is 0 Å². The van der Waals surface area contributed by atoms with Gasteiger partial charge in [-0.05, 0) is 186 Å². The normalized spacial score (nSPS) is 20.8. The molecule has 0 aromatic heterocycles. The predicted molar refractivity (Wildman–Crippen MR) is 339 cm³/mol. The average Bonchev–Trinajstić information content (AvgIpc) is 4.03. The number of fused-ring (bicyclic) bond motifs is 4. The van der Waals surface area contributed by atoms with E-state index < -0.39 is 10.0 Å². The van der Waals surface area contributed by atoms with E-state index in [0.29, 0.717) is 0 Å². The Morgan fingerprint density at radius 1 is 0.769 bits per heavy atom. The maximum Gasteiger partial charge on any atom is 0.0594 e. The SMILES string of the molecule is C/C=C(\C1=C(C)CC2=C1C=CCC2)C1C=CC(N2C(/C=C(\CC)C(C)(C)C)=C(c3ccc4c(c3)C(C)(C)c3ccccc3-4)S(C)(c3ccc(N(c4ccccc4)c4ccccc4)cc3NC)c3ccc(C(C)(C)C)cc32)=CC1. The molecule has 1 aliphatic heterocycles. The van der Waals surface area contributed by atoms with Crippen LogP contribution in [0, 0.1) is 11.3 Å². The topological polar surface area (TPSA) is 18.5 Å². The first-order valence-electron chi connectivity index (χ1n) is 28.7. The van der Waals surface area contributed by atoms with Gasteiger partial charge in [-0.15, -0.1) is 0 Å². The molecule has 0 fully saturated rings. The van der Waals surface area contributed by atoms with E-state index in [1.54, 1.807) is 5.57 Å². The Morgan fingerprint density at radius 3 is 2.09 bits per heavy atom. The first-order chi connectivity index (χ1) is 37.4. The van der Waals surface area contributed by atoms with Crippen LogP contribution in [0.3, 0.4) is 0 Å². The van der Waals surface area contributed by atoms with Crippen LogP contribution in [0.5, 0.6) is 0 Å². The van der Waals surface area contributed by atoms with Gasteiger partial charge in [-0.1, -0.05) is 188 Å². The number of nitrogens with zero attached hydrogens (tertiary/aromatic N) is 2. The van der Waals surface area contributed by atoms with Crippen molar-refractivity contribution in [3.63, 3.8) is 0 Å². The van der Waals surface area contributed by atoms with Crippen LogP contribution in [-0.4, -0.2) is 13.3 Å². The molecule has 0 amide bonds. The zero-order valence-electron chi connectivity index (χ0n) is 48.7. The van der Waals surface area contributed by atoms with Crippen molar-refractivity contribution >= 4 is 43.4 Å². The predicted octanol–water partition coefficient (Wildman–Crippen LogP) is 21.0. The summed E-state index contributed by atoms with van der Waals surface area (Å²) in [4.78, 5) is 9.16. The Hall–Kier alpha value is -7.01. The van der Waals surface area contributed by atoms with Crippen molar-refractivity contribution in [3.05, 3.63) is 249 Å². The lowest BCUT2D eigenvalue weighted by Gasteiger charge is -2.50. The second kappa shape index (κ2) is 20.3. The lowest BCUT2D eigenvalue weighted by atomic mass is 9.81. The van der Waals surface area contributed by atoms with Gasteiger partial charge in [-0.2, -0.15) is 10.0 Å². The fraction of sp³-hybridized carbons (Fsp3) is 0.297. The quantitative estimate of drug-likeness (QED) is 0.140. The summed E-state index contributed by atoms with van der Waals surface area (Å²) >= 11 is 0. The van der Waals surface area contributed by atoms with Crippen LogP contribution >= 0.6 is 10.0 Å². The van der Waals surface area contributed by atoms with Crippen molar-refractivity contribution in [1.82, 2.24) is 0 Å². The van der Waals surface area contributed by atoms with Gasteiger partial charge in [0, 0.05) is 61.5 Å². The maximum absolute atomic E-state index is 3.86. The Labute approximate surface area is 469 Å². The minimum Gasteiger partial charge on any atom is -0.387 e. The van der Waals surface area contributed by atoms with E-state index in [1.165, 1.54) is 99.4 Å². The van der Waals surface area contributed by atoms with Gasteiger partial charge in [0.25, 0.3) is 0 Å². The summed E-state index contributed by atoms with van der Waals surface area (Å²) in [6, 6.07) is 53.0. The fourth-order valence-electron chi connectivity index (χ4n) is 13.5. The van der Waals surface area contributed by atoms with E-state index in [4.69, 9.17) is 0 Å². The van der Waals surface area contributed by atoms with Crippen LogP contribution < -0.4 is 15.1 Å². The number of anilines is 5. The third-order valence-corrected chi connectivity index (χ3v) is 21.4. The lowest BCUT2D eigenvalue weighted by molar-refractivity contribution is 0.487. The molecule has 0 bridgehead atoms. The highest BCUT2D eigenvalue weighted by Crippen LogP contribution is 2.76. The molecule has 0 saturated carbocycles. The van der Waals surface area contributed by atoms with Gasteiger partial charge in [-0.3, -0.25) is 0 Å². The second-order valence-corrected chi connectivity index (χ2v) is 28.0. The van der Waals surface area contributed by atoms with Crippen molar-refractivity contribution in [1.29, 1.82) is 0 Å². The number of benzene rings is 6. The molecule has 1 N–H and O–H groups in total. The lowest BCUT2D eigenvalue weighted by Crippen LogP contribution is -2.30. The van der Waals surface area contributed by atoms with Gasteiger partial charge in [0.15, 0.2) is 0 Å². The second-order valence-electron chi connectivity index (χ2n) is 24.9. The summed E-state index contributed by atoms with van der Waals surface area (Å²) in [5.74, 6) is 0.277. The largest absolute Gasteiger partial charge is 0.387 e. The summed E-state index contributed by atoms with van der Waals surface area (Å²) < 4.78 is 0. The van der Waals surface area contributed by atoms with Crippen molar-refractivity contribution in [3.8, 4) is 11.1 Å². The Balaban J connectivity index is 1.20. The zero-order chi connectivity index (χ0) is 54.9. The third kappa shape index (κ3) is 9.02. The number of nitrogens with one attached hydrogen (secondary N) is 1. The monoisotopic (exact) mass is 1040 g/mol. The third-order valence-electron chi connectivity index (χ3n) is 17.6. The minimum absolute atomic E-state index is 0.0772. The number of hydrogen-bond donors (Lipinski definition) is 1. The Morgan fingerprint density at radius 2 is 1.45 bits per heavy atom. The molecule has 4 aliphatic carbocycles. The van der Waals surface area contributed by atoms with E-state index in [1.807, 2.05) is 0 Å². The molecule has 78 heavy (non-hydrogen) atoms.